The Morgan fingerprint density at radius 3 is 2.48 bits per heavy atom. The minimum absolute atomic E-state index is 0.0709. The van der Waals surface area contributed by atoms with Crippen LogP contribution in [0.4, 0.5) is 0 Å². The van der Waals surface area contributed by atoms with Gasteiger partial charge in [0, 0.05) is 11.8 Å². The third kappa shape index (κ3) is 3.63. The van der Waals surface area contributed by atoms with Crippen LogP contribution in [0.2, 0.25) is 0 Å². The smallest absolute Gasteiger partial charge is 0.147 e. The van der Waals surface area contributed by atoms with Gasteiger partial charge in [0.2, 0.25) is 0 Å². The van der Waals surface area contributed by atoms with Gasteiger partial charge in [0.15, 0.2) is 0 Å². The van der Waals surface area contributed by atoms with Gasteiger partial charge in [-0.2, -0.15) is 0 Å². The number of para-hydroxylation sites is 2. The first-order valence-corrected chi connectivity index (χ1v) is 9.07. The Balaban J connectivity index is 2.48. The summed E-state index contributed by atoms with van der Waals surface area (Å²) in [5.41, 5.74) is 7.95. The van der Waals surface area contributed by atoms with Gasteiger partial charge in [-0.05, 0) is 39.3 Å². The zero-order valence-electron chi connectivity index (χ0n) is 13.0. The summed E-state index contributed by atoms with van der Waals surface area (Å²) in [5, 5.41) is 0. The third-order valence-corrected chi connectivity index (χ3v) is 4.37. The lowest BCUT2D eigenvalue weighted by Gasteiger charge is -2.26. The van der Waals surface area contributed by atoms with E-state index in [0.717, 1.165) is 16.9 Å². The van der Waals surface area contributed by atoms with Gasteiger partial charge in [-0.25, -0.2) is 13.4 Å². The number of sulfone groups is 1. The van der Waals surface area contributed by atoms with Crippen molar-refractivity contribution in [1.29, 1.82) is 0 Å². The van der Waals surface area contributed by atoms with Gasteiger partial charge in [0.1, 0.15) is 15.7 Å². The molecule has 0 saturated heterocycles. The van der Waals surface area contributed by atoms with Gasteiger partial charge in [-0.1, -0.05) is 12.1 Å². The molecule has 116 valence electrons. The van der Waals surface area contributed by atoms with Crippen molar-refractivity contribution < 1.29 is 8.42 Å². The van der Waals surface area contributed by atoms with Crippen molar-refractivity contribution in [2.24, 2.45) is 5.73 Å². The number of imidazole rings is 1. The molecule has 0 aliphatic heterocycles. The maximum Gasteiger partial charge on any atom is 0.147 e. The van der Waals surface area contributed by atoms with Gasteiger partial charge in [0.05, 0.1) is 22.8 Å². The number of aromatic nitrogens is 2. The number of rotatable bonds is 4. The van der Waals surface area contributed by atoms with Crippen molar-refractivity contribution in [3.05, 3.63) is 30.1 Å². The maximum absolute atomic E-state index is 11.3. The van der Waals surface area contributed by atoms with Crippen LogP contribution in [0.1, 0.15) is 39.1 Å². The maximum atomic E-state index is 11.3. The Kier molecular flexibility index (Phi) is 4.13. The van der Waals surface area contributed by atoms with Gasteiger partial charge >= 0.3 is 0 Å². The highest BCUT2D eigenvalue weighted by molar-refractivity contribution is 7.90. The molecule has 0 spiro atoms. The van der Waals surface area contributed by atoms with Crippen molar-refractivity contribution in [3.63, 3.8) is 0 Å². The fourth-order valence-corrected chi connectivity index (χ4v) is 3.15. The highest BCUT2D eigenvalue weighted by Gasteiger charge is 2.25. The second-order valence-electron chi connectivity index (χ2n) is 6.49. The molecule has 2 aromatic rings. The predicted molar refractivity (Wildman–Crippen MR) is 86.0 cm³/mol. The summed E-state index contributed by atoms with van der Waals surface area (Å²) >= 11 is 0. The van der Waals surface area contributed by atoms with Crippen LogP contribution in [0.25, 0.3) is 11.0 Å². The first-order chi connectivity index (χ1) is 9.59. The molecule has 0 fully saturated rings. The monoisotopic (exact) mass is 309 g/mol. The second kappa shape index (κ2) is 5.42. The average molecular weight is 309 g/mol. The van der Waals surface area contributed by atoms with Gasteiger partial charge in [-0.15, -0.1) is 0 Å². The molecule has 1 aromatic heterocycles. The van der Waals surface area contributed by atoms with Crippen molar-refractivity contribution in [1.82, 2.24) is 9.55 Å². The number of nitrogens with two attached hydrogens (primary N) is 1. The number of hydrogen-bond acceptors (Lipinski definition) is 4. The van der Waals surface area contributed by atoms with Gasteiger partial charge in [0.25, 0.3) is 0 Å². The molecule has 5 nitrogen and oxygen atoms in total. The van der Waals surface area contributed by atoms with E-state index in [4.69, 9.17) is 5.73 Å². The van der Waals surface area contributed by atoms with Crippen LogP contribution in [-0.2, 0) is 15.4 Å². The van der Waals surface area contributed by atoms with E-state index in [0.29, 0.717) is 6.42 Å². The lowest BCUT2D eigenvalue weighted by Crippen LogP contribution is -2.28. The van der Waals surface area contributed by atoms with Gasteiger partial charge < -0.3 is 10.3 Å². The molecular formula is C15H23N3O2S. The zero-order chi connectivity index (χ0) is 15.8. The molecule has 0 amide bonds. The van der Waals surface area contributed by atoms with E-state index >= 15 is 0 Å². The van der Waals surface area contributed by atoms with Crippen molar-refractivity contribution in [3.8, 4) is 0 Å². The summed E-state index contributed by atoms with van der Waals surface area (Å²) < 4.78 is 24.8. The van der Waals surface area contributed by atoms with E-state index in [1.807, 2.05) is 24.3 Å². The van der Waals surface area contributed by atoms with Crippen LogP contribution in [0.3, 0.4) is 0 Å². The van der Waals surface area contributed by atoms with Crippen LogP contribution >= 0.6 is 0 Å². The first kappa shape index (κ1) is 16.0. The quantitative estimate of drug-likeness (QED) is 0.939. The Morgan fingerprint density at radius 2 is 1.90 bits per heavy atom. The zero-order valence-corrected chi connectivity index (χ0v) is 13.8. The van der Waals surface area contributed by atoms with Crippen LogP contribution < -0.4 is 5.73 Å². The second-order valence-corrected chi connectivity index (χ2v) is 8.75. The molecule has 0 aliphatic rings. The minimum atomic E-state index is -3.02. The van der Waals surface area contributed by atoms with Crippen LogP contribution in [-0.4, -0.2) is 30.0 Å². The molecule has 1 aromatic carbocycles. The molecule has 2 N–H and O–H groups in total. The van der Waals surface area contributed by atoms with Crippen molar-refractivity contribution in [2.45, 2.75) is 38.8 Å². The molecule has 0 aliphatic carbocycles. The highest BCUT2D eigenvalue weighted by atomic mass is 32.2. The number of fused-ring (bicyclic) bond motifs is 1. The van der Waals surface area contributed by atoms with Crippen LogP contribution in [0, 0.1) is 0 Å². The molecule has 2 rings (SSSR count). The number of hydrogen-bond donors (Lipinski definition) is 1. The van der Waals surface area contributed by atoms with Crippen molar-refractivity contribution in [2.75, 3.05) is 12.0 Å². The molecule has 21 heavy (non-hydrogen) atoms. The predicted octanol–water partition coefficient (Wildman–Crippen LogP) is 2.23. The Morgan fingerprint density at radius 1 is 1.29 bits per heavy atom. The summed E-state index contributed by atoms with van der Waals surface area (Å²) in [4.78, 5) is 4.62. The number of nitrogens with zero attached hydrogens (tertiary/aromatic N) is 2. The topological polar surface area (TPSA) is 78.0 Å². The molecule has 1 atom stereocenters. The summed E-state index contributed by atoms with van der Waals surface area (Å²) in [7, 11) is -3.02. The Labute approximate surface area is 126 Å². The lowest BCUT2D eigenvalue weighted by atomic mass is 10.1. The average Bonchev–Trinajstić information content (AvgIpc) is 2.74. The largest absolute Gasteiger partial charge is 0.321 e. The van der Waals surface area contributed by atoms with Crippen LogP contribution in [0.5, 0.6) is 0 Å². The van der Waals surface area contributed by atoms with E-state index in [1.165, 1.54) is 6.26 Å². The van der Waals surface area contributed by atoms with E-state index in [2.05, 4.69) is 30.3 Å². The third-order valence-electron chi connectivity index (χ3n) is 3.39. The van der Waals surface area contributed by atoms with Crippen molar-refractivity contribution >= 4 is 20.9 Å². The standard InChI is InChI=1S/C15H23N3O2S/c1-15(2,3)18-13-8-6-5-7-12(13)17-14(18)11(16)9-10-21(4,19)20/h5-8,11H,9-10,16H2,1-4H3. The first-order valence-electron chi connectivity index (χ1n) is 7.01. The molecule has 6 heteroatoms. The molecule has 1 unspecified atom stereocenters. The summed E-state index contributed by atoms with van der Waals surface area (Å²) in [6.45, 7) is 6.27. The van der Waals surface area contributed by atoms with Gasteiger partial charge in [-0.3, -0.25) is 0 Å². The SMILES string of the molecule is CC(C)(C)n1c(C(N)CCS(C)(=O)=O)nc2ccccc21. The Hall–Kier alpha value is -1.40. The fraction of sp³-hybridized carbons (Fsp3) is 0.533. The summed E-state index contributed by atoms with van der Waals surface area (Å²) in [5.74, 6) is 0.814. The highest BCUT2D eigenvalue weighted by Crippen LogP contribution is 2.28. The summed E-state index contributed by atoms with van der Waals surface area (Å²) in [6.07, 6.45) is 1.60. The lowest BCUT2D eigenvalue weighted by molar-refractivity contribution is 0.382. The van der Waals surface area contributed by atoms with Crippen LogP contribution in [0.15, 0.2) is 24.3 Å². The van der Waals surface area contributed by atoms with E-state index < -0.39 is 15.9 Å². The number of benzene rings is 1. The van der Waals surface area contributed by atoms with E-state index in [9.17, 15) is 8.42 Å². The fourth-order valence-electron chi connectivity index (χ4n) is 2.47. The molecule has 1 heterocycles. The minimum Gasteiger partial charge on any atom is -0.321 e. The molecule has 0 bridgehead atoms. The molecule has 0 saturated carbocycles. The normalized spacial score (nSPS) is 14.5. The molecular weight excluding hydrogens is 286 g/mol. The van der Waals surface area contributed by atoms with E-state index in [-0.39, 0.29) is 11.3 Å². The summed E-state index contributed by atoms with van der Waals surface area (Å²) in [6, 6.07) is 7.48. The van der Waals surface area contributed by atoms with E-state index in [1.54, 1.807) is 0 Å². The molecule has 0 radical (unpaired) electrons. The Bertz CT molecular complexity index is 742.